The van der Waals surface area contributed by atoms with E-state index in [0.717, 1.165) is 5.56 Å². The molecule has 0 fully saturated rings. The molecule has 2 N–H and O–H groups in total. The van der Waals surface area contributed by atoms with Crippen molar-refractivity contribution in [3.05, 3.63) is 59.9 Å². The highest BCUT2D eigenvalue weighted by molar-refractivity contribution is 5.99. The van der Waals surface area contributed by atoms with Crippen molar-refractivity contribution in [2.75, 3.05) is 7.11 Å². The first-order valence-corrected chi connectivity index (χ1v) is 8.13. The number of ether oxygens (including phenoxy) is 1. The van der Waals surface area contributed by atoms with Crippen LogP contribution in [0.15, 0.2) is 48.8 Å². The lowest BCUT2D eigenvalue weighted by Gasteiger charge is -2.22. The van der Waals surface area contributed by atoms with Gasteiger partial charge in [0.1, 0.15) is 11.8 Å². The van der Waals surface area contributed by atoms with Gasteiger partial charge in [-0.25, -0.2) is 0 Å². The van der Waals surface area contributed by atoms with Gasteiger partial charge in [0.25, 0.3) is 5.91 Å². The number of nitrogens with zero attached hydrogens (tertiary/aromatic N) is 1. The number of aromatic nitrogens is 1. The number of para-hydroxylation sites is 1. The maximum atomic E-state index is 12.5. The van der Waals surface area contributed by atoms with Crippen molar-refractivity contribution in [3.8, 4) is 5.75 Å². The Kier molecular flexibility index (Phi) is 6.51. The van der Waals surface area contributed by atoms with E-state index in [-0.39, 0.29) is 17.7 Å². The molecule has 0 radical (unpaired) electrons. The second-order valence-electron chi connectivity index (χ2n) is 5.97. The Labute approximate surface area is 147 Å². The van der Waals surface area contributed by atoms with Gasteiger partial charge in [0.05, 0.1) is 12.7 Å². The molecule has 0 aliphatic heterocycles. The number of benzene rings is 1. The van der Waals surface area contributed by atoms with Crippen LogP contribution >= 0.6 is 0 Å². The minimum absolute atomic E-state index is 0.0624. The molecule has 2 rings (SSSR count). The zero-order valence-electron chi connectivity index (χ0n) is 14.7. The Hall–Kier alpha value is -2.89. The summed E-state index contributed by atoms with van der Waals surface area (Å²) in [6, 6.07) is 9.96. The summed E-state index contributed by atoms with van der Waals surface area (Å²) in [5.74, 6) is -0.166. The lowest BCUT2D eigenvalue weighted by Crippen LogP contribution is -2.49. The summed E-state index contributed by atoms with van der Waals surface area (Å²) in [4.78, 5) is 29.1. The molecule has 2 aromatic rings. The third-order valence-corrected chi connectivity index (χ3v) is 3.78. The number of carbonyl (C=O) groups excluding carboxylic acids is 2. The van der Waals surface area contributed by atoms with E-state index in [9.17, 15) is 9.59 Å². The van der Waals surface area contributed by atoms with Crippen LogP contribution in [-0.4, -0.2) is 29.9 Å². The summed E-state index contributed by atoms with van der Waals surface area (Å²) in [7, 11) is 1.51. The topological polar surface area (TPSA) is 80.3 Å². The molecule has 0 spiro atoms. The lowest BCUT2D eigenvalue weighted by atomic mass is 10.0. The van der Waals surface area contributed by atoms with Gasteiger partial charge in [-0.3, -0.25) is 14.6 Å². The monoisotopic (exact) mass is 341 g/mol. The van der Waals surface area contributed by atoms with Gasteiger partial charge in [0, 0.05) is 18.9 Å². The van der Waals surface area contributed by atoms with Crippen LogP contribution in [0.5, 0.6) is 5.75 Å². The normalized spacial score (nSPS) is 11.7. The number of methoxy groups -OCH3 is 1. The summed E-state index contributed by atoms with van der Waals surface area (Å²) >= 11 is 0. The van der Waals surface area contributed by atoms with Gasteiger partial charge in [-0.2, -0.15) is 0 Å². The van der Waals surface area contributed by atoms with Gasteiger partial charge in [0.15, 0.2) is 0 Å². The number of hydrogen-bond acceptors (Lipinski definition) is 4. The van der Waals surface area contributed by atoms with Crippen LogP contribution in [0.25, 0.3) is 0 Å². The van der Waals surface area contributed by atoms with E-state index in [1.165, 1.54) is 7.11 Å². The molecule has 0 bridgehead atoms. The average molecular weight is 341 g/mol. The SMILES string of the molecule is COc1ccccc1C(=O)N[C@@H](C(=O)NCc1cccnc1)C(C)C. The van der Waals surface area contributed by atoms with Crippen molar-refractivity contribution in [2.45, 2.75) is 26.4 Å². The zero-order valence-corrected chi connectivity index (χ0v) is 14.7. The largest absolute Gasteiger partial charge is 0.496 e. The van der Waals surface area contributed by atoms with Gasteiger partial charge in [-0.05, 0) is 29.7 Å². The maximum absolute atomic E-state index is 12.5. The number of rotatable bonds is 7. The van der Waals surface area contributed by atoms with Gasteiger partial charge in [0.2, 0.25) is 5.91 Å². The van der Waals surface area contributed by atoms with Gasteiger partial charge >= 0.3 is 0 Å². The molecule has 1 aromatic heterocycles. The summed E-state index contributed by atoms with van der Waals surface area (Å²) < 4.78 is 5.21. The predicted octanol–water partition coefficient (Wildman–Crippen LogP) is 2.16. The van der Waals surface area contributed by atoms with Crippen molar-refractivity contribution in [1.29, 1.82) is 0 Å². The van der Waals surface area contributed by atoms with Crippen molar-refractivity contribution in [2.24, 2.45) is 5.92 Å². The molecule has 0 saturated heterocycles. The fourth-order valence-electron chi connectivity index (χ4n) is 2.39. The van der Waals surface area contributed by atoms with Crippen molar-refractivity contribution < 1.29 is 14.3 Å². The quantitative estimate of drug-likeness (QED) is 0.809. The van der Waals surface area contributed by atoms with Crippen molar-refractivity contribution in [1.82, 2.24) is 15.6 Å². The van der Waals surface area contributed by atoms with Crippen LogP contribution < -0.4 is 15.4 Å². The molecule has 0 unspecified atom stereocenters. The van der Waals surface area contributed by atoms with Crippen LogP contribution in [0.2, 0.25) is 0 Å². The second kappa shape index (κ2) is 8.82. The van der Waals surface area contributed by atoms with E-state index in [2.05, 4.69) is 15.6 Å². The molecule has 1 heterocycles. The summed E-state index contributed by atoms with van der Waals surface area (Å²) in [6.07, 6.45) is 3.37. The Balaban J connectivity index is 2.04. The van der Waals surface area contributed by atoms with Crippen molar-refractivity contribution in [3.63, 3.8) is 0 Å². The molecule has 25 heavy (non-hydrogen) atoms. The van der Waals surface area contributed by atoms with Gasteiger partial charge in [-0.1, -0.05) is 32.0 Å². The van der Waals surface area contributed by atoms with Crippen LogP contribution in [0.3, 0.4) is 0 Å². The molecule has 1 atom stereocenters. The van der Waals surface area contributed by atoms with Gasteiger partial charge < -0.3 is 15.4 Å². The molecule has 0 saturated carbocycles. The minimum Gasteiger partial charge on any atom is -0.496 e. The molecule has 6 nitrogen and oxygen atoms in total. The second-order valence-corrected chi connectivity index (χ2v) is 5.97. The van der Waals surface area contributed by atoms with Crippen LogP contribution in [0, 0.1) is 5.92 Å². The number of nitrogens with one attached hydrogen (secondary N) is 2. The first-order valence-electron chi connectivity index (χ1n) is 8.13. The first-order chi connectivity index (χ1) is 12.0. The third kappa shape index (κ3) is 5.04. The zero-order chi connectivity index (χ0) is 18.2. The fourth-order valence-corrected chi connectivity index (χ4v) is 2.39. The molecule has 6 heteroatoms. The van der Waals surface area contributed by atoms with Crippen molar-refractivity contribution >= 4 is 11.8 Å². The van der Waals surface area contributed by atoms with E-state index in [0.29, 0.717) is 17.9 Å². The minimum atomic E-state index is -0.644. The van der Waals surface area contributed by atoms with E-state index < -0.39 is 6.04 Å². The standard InChI is InChI=1S/C19H23N3O3/c1-13(2)17(19(24)21-12-14-7-6-10-20-11-14)22-18(23)15-8-4-5-9-16(15)25-3/h4-11,13,17H,12H2,1-3H3,(H,21,24)(H,22,23)/t17-/m1/s1. The van der Waals surface area contributed by atoms with E-state index in [1.54, 1.807) is 36.7 Å². The smallest absolute Gasteiger partial charge is 0.255 e. The molecule has 0 aliphatic rings. The molecule has 1 aromatic carbocycles. The predicted molar refractivity (Wildman–Crippen MR) is 95.2 cm³/mol. The number of carbonyl (C=O) groups is 2. The van der Waals surface area contributed by atoms with Crippen LogP contribution in [0.4, 0.5) is 0 Å². The number of hydrogen-bond donors (Lipinski definition) is 2. The Morgan fingerprint density at radius 3 is 2.56 bits per heavy atom. The molecule has 0 aliphatic carbocycles. The van der Waals surface area contributed by atoms with E-state index >= 15 is 0 Å². The molecular formula is C19H23N3O3. The van der Waals surface area contributed by atoms with Crippen LogP contribution in [0.1, 0.15) is 29.8 Å². The van der Waals surface area contributed by atoms with Gasteiger partial charge in [-0.15, -0.1) is 0 Å². The Morgan fingerprint density at radius 1 is 1.16 bits per heavy atom. The average Bonchev–Trinajstić information content (AvgIpc) is 2.64. The van der Waals surface area contributed by atoms with E-state index in [4.69, 9.17) is 4.74 Å². The fraction of sp³-hybridized carbons (Fsp3) is 0.316. The van der Waals surface area contributed by atoms with Crippen LogP contribution in [-0.2, 0) is 11.3 Å². The Morgan fingerprint density at radius 2 is 1.92 bits per heavy atom. The highest BCUT2D eigenvalue weighted by Gasteiger charge is 2.25. The number of pyridine rings is 1. The lowest BCUT2D eigenvalue weighted by molar-refractivity contribution is -0.124. The highest BCUT2D eigenvalue weighted by atomic mass is 16.5. The summed E-state index contributed by atoms with van der Waals surface area (Å²) in [5, 5.41) is 5.64. The highest BCUT2D eigenvalue weighted by Crippen LogP contribution is 2.17. The summed E-state index contributed by atoms with van der Waals surface area (Å²) in [6.45, 7) is 4.13. The third-order valence-electron chi connectivity index (χ3n) is 3.78. The molecular weight excluding hydrogens is 318 g/mol. The molecule has 2 amide bonds. The maximum Gasteiger partial charge on any atom is 0.255 e. The Bertz CT molecular complexity index is 717. The number of amides is 2. The summed E-state index contributed by atoms with van der Waals surface area (Å²) in [5.41, 5.74) is 1.30. The van der Waals surface area contributed by atoms with E-state index in [1.807, 2.05) is 26.0 Å². The molecule has 132 valence electrons. The first kappa shape index (κ1) is 18.4.